The predicted molar refractivity (Wildman–Crippen MR) is 84.4 cm³/mol. The fourth-order valence-corrected chi connectivity index (χ4v) is 3.43. The smallest absolute Gasteiger partial charge is 0.236 e. The van der Waals surface area contributed by atoms with Crippen LogP contribution in [0.15, 0.2) is 49.1 Å². The number of sulfonamides is 1. The number of hydrogen-bond acceptors (Lipinski definition) is 6. The summed E-state index contributed by atoms with van der Waals surface area (Å²) in [6.07, 6.45) is 3.79. The molecule has 0 saturated heterocycles. The molecule has 3 rings (SSSR count). The molecule has 23 heavy (non-hydrogen) atoms. The summed E-state index contributed by atoms with van der Waals surface area (Å²) in [6, 6.07) is 9.17. The molecule has 0 spiro atoms. The van der Waals surface area contributed by atoms with E-state index in [1.807, 2.05) is 30.3 Å². The van der Waals surface area contributed by atoms with Crippen LogP contribution < -0.4 is 4.72 Å². The molecule has 0 aliphatic heterocycles. The number of aromatic nitrogens is 4. The van der Waals surface area contributed by atoms with Gasteiger partial charge in [0.2, 0.25) is 10.0 Å². The van der Waals surface area contributed by atoms with Crippen molar-refractivity contribution in [3.05, 3.63) is 54.6 Å². The van der Waals surface area contributed by atoms with Crippen LogP contribution >= 0.6 is 0 Å². The van der Waals surface area contributed by atoms with Crippen LogP contribution in [0.1, 0.15) is 11.7 Å². The van der Waals surface area contributed by atoms with Crippen LogP contribution in [-0.2, 0) is 14.8 Å². The van der Waals surface area contributed by atoms with Crippen molar-refractivity contribution >= 4 is 21.5 Å². The highest BCUT2D eigenvalue weighted by Crippen LogP contribution is 2.20. The third kappa shape index (κ3) is 3.46. The maximum absolute atomic E-state index is 12.4. The minimum atomic E-state index is -3.68. The zero-order valence-corrected chi connectivity index (χ0v) is 13.1. The minimum absolute atomic E-state index is 0.132. The van der Waals surface area contributed by atoms with E-state index in [9.17, 15) is 8.42 Å². The molecule has 2 heterocycles. The molecule has 1 unspecified atom stereocenters. The molecule has 0 aliphatic carbocycles. The third-order valence-corrected chi connectivity index (χ3v) is 4.52. The van der Waals surface area contributed by atoms with Crippen molar-refractivity contribution in [3.63, 3.8) is 0 Å². The Balaban J connectivity index is 1.83. The monoisotopic (exact) mass is 333 g/mol. The van der Waals surface area contributed by atoms with Gasteiger partial charge in [-0.2, -0.15) is 5.10 Å². The van der Waals surface area contributed by atoms with E-state index in [1.54, 1.807) is 6.20 Å². The van der Waals surface area contributed by atoms with Crippen molar-refractivity contribution in [2.75, 3.05) is 17.6 Å². The normalized spacial score (nSPS) is 13.1. The fraction of sp³-hybridized carbons (Fsp3) is 0.214. The Morgan fingerprint density at radius 2 is 2.04 bits per heavy atom. The van der Waals surface area contributed by atoms with Crippen LogP contribution in [-0.4, -0.2) is 40.9 Å². The topological polar surface area (TPSA) is 98.5 Å². The summed E-state index contributed by atoms with van der Waals surface area (Å²) in [5.41, 5.74) is 1.12. The number of anilines is 1. The number of nitrogens with one attached hydrogen (secondary N) is 1. The second-order valence-corrected chi connectivity index (χ2v) is 6.59. The first-order valence-electron chi connectivity index (χ1n) is 6.81. The van der Waals surface area contributed by atoms with Crippen molar-refractivity contribution in [1.82, 2.24) is 19.6 Å². The Bertz CT molecular complexity index is 895. The second-order valence-electron chi connectivity index (χ2n) is 4.82. The Hall–Kier alpha value is -2.52. The van der Waals surface area contributed by atoms with Crippen LogP contribution in [0.3, 0.4) is 0 Å². The van der Waals surface area contributed by atoms with E-state index in [-0.39, 0.29) is 11.6 Å². The number of ether oxygens (including phenoxy) is 1. The molecule has 3 aromatic rings. The van der Waals surface area contributed by atoms with Gasteiger partial charge in [0.15, 0.2) is 11.5 Å². The lowest BCUT2D eigenvalue weighted by atomic mass is 10.1. The van der Waals surface area contributed by atoms with E-state index >= 15 is 0 Å². The fourth-order valence-electron chi connectivity index (χ4n) is 2.19. The summed E-state index contributed by atoms with van der Waals surface area (Å²) in [5, 5.41) is 3.94. The summed E-state index contributed by atoms with van der Waals surface area (Å²) in [7, 11) is -2.21. The standard InChI is InChI=1S/C14H15N5O3S/c1-22-12(11-5-3-2-4-6-11)9-23(20,21)18-13-14-16-10-17-19(14)8-7-15-13/h2-8,10,12H,9H2,1H3,(H,15,18). The lowest BCUT2D eigenvalue weighted by molar-refractivity contribution is 0.122. The molecule has 0 aliphatic rings. The lowest BCUT2D eigenvalue weighted by Gasteiger charge is -2.16. The average Bonchev–Trinajstić information content (AvgIpc) is 3.03. The molecule has 9 heteroatoms. The van der Waals surface area contributed by atoms with Gasteiger partial charge in [-0.1, -0.05) is 30.3 Å². The van der Waals surface area contributed by atoms with Crippen molar-refractivity contribution in [2.45, 2.75) is 6.10 Å². The van der Waals surface area contributed by atoms with Gasteiger partial charge >= 0.3 is 0 Å². The first kappa shape index (κ1) is 15.4. The number of methoxy groups -OCH3 is 1. The van der Waals surface area contributed by atoms with Crippen molar-refractivity contribution < 1.29 is 13.2 Å². The molecule has 0 fully saturated rings. The molecular formula is C14H15N5O3S. The maximum Gasteiger partial charge on any atom is 0.236 e. The van der Waals surface area contributed by atoms with Crippen LogP contribution in [0.25, 0.3) is 5.65 Å². The molecule has 0 saturated carbocycles. The Morgan fingerprint density at radius 3 is 2.78 bits per heavy atom. The third-order valence-electron chi connectivity index (χ3n) is 3.28. The molecule has 1 aromatic carbocycles. The summed E-state index contributed by atoms with van der Waals surface area (Å²) >= 11 is 0. The largest absolute Gasteiger partial charge is 0.376 e. The highest BCUT2D eigenvalue weighted by Gasteiger charge is 2.22. The SMILES string of the molecule is COC(CS(=O)(=O)Nc1nccn2ncnc12)c1ccccc1. The van der Waals surface area contributed by atoms with E-state index in [0.717, 1.165) is 5.56 Å². The molecule has 2 aromatic heterocycles. The van der Waals surface area contributed by atoms with Crippen molar-refractivity contribution in [1.29, 1.82) is 0 Å². The summed E-state index contributed by atoms with van der Waals surface area (Å²) in [5.74, 6) is -0.0994. The molecule has 120 valence electrons. The number of nitrogens with zero attached hydrogens (tertiary/aromatic N) is 4. The summed E-state index contributed by atoms with van der Waals surface area (Å²) in [4.78, 5) is 8.01. The number of benzene rings is 1. The van der Waals surface area contributed by atoms with E-state index < -0.39 is 16.1 Å². The van der Waals surface area contributed by atoms with Gasteiger partial charge < -0.3 is 4.74 Å². The van der Waals surface area contributed by atoms with Gasteiger partial charge in [0.25, 0.3) is 0 Å². The zero-order valence-electron chi connectivity index (χ0n) is 12.3. The molecule has 0 radical (unpaired) electrons. The van der Waals surface area contributed by atoms with Gasteiger partial charge in [0.1, 0.15) is 6.33 Å². The second kappa shape index (κ2) is 6.31. The van der Waals surface area contributed by atoms with E-state index in [2.05, 4.69) is 19.8 Å². The summed E-state index contributed by atoms with van der Waals surface area (Å²) < 4.78 is 34.0. The molecule has 1 atom stereocenters. The first-order chi connectivity index (χ1) is 11.1. The quantitative estimate of drug-likeness (QED) is 0.729. The molecule has 8 nitrogen and oxygen atoms in total. The highest BCUT2D eigenvalue weighted by molar-refractivity contribution is 7.92. The molecular weight excluding hydrogens is 318 g/mol. The number of fused-ring (bicyclic) bond motifs is 1. The first-order valence-corrected chi connectivity index (χ1v) is 8.47. The zero-order chi connectivity index (χ0) is 16.3. The molecule has 0 bridgehead atoms. The Labute approximate surface area is 133 Å². The van der Waals surface area contributed by atoms with Crippen LogP contribution in [0.2, 0.25) is 0 Å². The van der Waals surface area contributed by atoms with E-state index in [0.29, 0.717) is 5.65 Å². The van der Waals surface area contributed by atoms with Gasteiger partial charge in [-0.05, 0) is 5.56 Å². The predicted octanol–water partition coefficient (Wildman–Crippen LogP) is 1.25. The summed E-state index contributed by atoms with van der Waals surface area (Å²) in [6.45, 7) is 0. The van der Waals surface area contributed by atoms with Gasteiger partial charge in [-0.25, -0.2) is 22.9 Å². The van der Waals surface area contributed by atoms with Crippen molar-refractivity contribution in [3.8, 4) is 0 Å². The van der Waals surface area contributed by atoms with Gasteiger partial charge in [0.05, 0.1) is 11.9 Å². The number of rotatable bonds is 6. The minimum Gasteiger partial charge on any atom is -0.376 e. The van der Waals surface area contributed by atoms with Gasteiger partial charge in [0, 0.05) is 19.5 Å². The maximum atomic E-state index is 12.4. The lowest BCUT2D eigenvalue weighted by Crippen LogP contribution is -2.23. The Morgan fingerprint density at radius 1 is 1.26 bits per heavy atom. The van der Waals surface area contributed by atoms with Crippen molar-refractivity contribution in [2.24, 2.45) is 0 Å². The molecule has 0 amide bonds. The van der Waals surface area contributed by atoms with E-state index in [4.69, 9.17) is 4.74 Å². The molecule has 1 N–H and O–H groups in total. The van der Waals surface area contributed by atoms with Crippen LogP contribution in [0.4, 0.5) is 5.82 Å². The average molecular weight is 333 g/mol. The van der Waals surface area contributed by atoms with Gasteiger partial charge in [-0.15, -0.1) is 0 Å². The van der Waals surface area contributed by atoms with Crippen LogP contribution in [0.5, 0.6) is 0 Å². The number of hydrogen-bond donors (Lipinski definition) is 1. The highest BCUT2D eigenvalue weighted by atomic mass is 32.2. The Kier molecular flexibility index (Phi) is 4.22. The van der Waals surface area contributed by atoms with E-state index in [1.165, 1.54) is 24.1 Å². The van der Waals surface area contributed by atoms with Crippen LogP contribution in [0, 0.1) is 0 Å². The van der Waals surface area contributed by atoms with Gasteiger partial charge in [-0.3, -0.25) is 4.72 Å².